The van der Waals surface area contributed by atoms with E-state index in [9.17, 15) is 15.0 Å². The molecule has 19 heavy (non-hydrogen) atoms. The molecule has 3 unspecified atom stereocenters. The second-order valence-corrected chi connectivity index (χ2v) is 4.22. The van der Waals surface area contributed by atoms with E-state index in [1.807, 2.05) is 0 Å². The normalized spacial score (nSPS) is 30.3. The smallest absolute Gasteiger partial charge is 0.338 e. The summed E-state index contributed by atoms with van der Waals surface area (Å²) in [7, 11) is 1.39. The number of methoxy groups -OCH3 is 1. The van der Waals surface area contributed by atoms with E-state index in [2.05, 4.69) is 0 Å². The highest BCUT2D eigenvalue weighted by molar-refractivity contribution is 5.89. The third kappa shape index (κ3) is 3.10. The number of rotatable bonds is 4. The molecule has 0 amide bonds. The van der Waals surface area contributed by atoms with Crippen LogP contribution in [0.4, 0.5) is 0 Å². The number of carbonyl (C=O) groups is 1. The molecular formula is C13H16O6. The molecule has 1 aromatic carbocycles. The molecule has 1 saturated heterocycles. The van der Waals surface area contributed by atoms with Crippen molar-refractivity contribution in [3.8, 4) is 0 Å². The average Bonchev–Trinajstić information content (AvgIpc) is 2.72. The van der Waals surface area contributed by atoms with Crippen molar-refractivity contribution < 1.29 is 29.2 Å². The maximum absolute atomic E-state index is 11.7. The highest BCUT2D eigenvalue weighted by Gasteiger charge is 2.43. The maximum atomic E-state index is 11.7. The second kappa shape index (κ2) is 6.12. The molecule has 0 aliphatic carbocycles. The van der Waals surface area contributed by atoms with Crippen molar-refractivity contribution in [2.45, 2.75) is 24.6 Å². The summed E-state index contributed by atoms with van der Waals surface area (Å²) < 4.78 is 15.2. The van der Waals surface area contributed by atoms with Gasteiger partial charge in [0.15, 0.2) is 6.29 Å². The zero-order valence-corrected chi connectivity index (χ0v) is 10.4. The van der Waals surface area contributed by atoms with Crippen LogP contribution in [0.3, 0.4) is 0 Å². The van der Waals surface area contributed by atoms with Crippen LogP contribution in [0, 0.1) is 0 Å². The number of carbonyl (C=O) groups excluding carboxylic acids is 1. The number of esters is 1. The topological polar surface area (TPSA) is 85.2 Å². The van der Waals surface area contributed by atoms with E-state index in [-0.39, 0.29) is 6.61 Å². The fourth-order valence-electron chi connectivity index (χ4n) is 1.96. The molecule has 6 heteroatoms. The fraction of sp³-hybridized carbons (Fsp3) is 0.462. The first kappa shape index (κ1) is 14.0. The van der Waals surface area contributed by atoms with E-state index >= 15 is 0 Å². The molecule has 2 rings (SSSR count). The van der Waals surface area contributed by atoms with Crippen molar-refractivity contribution >= 4 is 5.97 Å². The van der Waals surface area contributed by atoms with Crippen molar-refractivity contribution in [3.05, 3.63) is 35.9 Å². The Kier molecular flexibility index (Phi) is 4.49. The van der Waals surface area contributed by atoms with Crippen molar-refractivity contribution in [2.24, 2.45) is 0 Å². The van der Waals surface area contributed by atoms with Crippen LogP contribution in [0.25, 0.3) is 0 Å². The maximum Gasteiger partial charge on any atom is 0.338 e. The molecule has 0 radical (unpaired) electrons. The van der Waals surface area contributed by atoms with E-state index in [0.29, 0.717) is 5.56 Å². The molecular weight excluding hydrogens is 252 g/mol. The largest absolute Gasteiger partial charge is 0.459 e. The van der Waals surface area contributed by atoms with Gasteiger partial charge in [0.2, 0.25) is 0 Å². The van der Waals surface area contributed by atoms with Gasteiger partial charge in [0.25, 0.3) is 0 Å². The lowest BCUT2D eigenvalue weighted by Gasteiger charge is -2.17. The van der Waals surface area contributed by atoms with Gasteiger partial charge in [-0.1, -0.05) is 18.2 Å². The van der Waals surface area contributed by atoms with Gasteiger partial charge >= 0.3 is 5.97 Å². The highest BCUT2D eigenvalue weighted by Crippen LogP contribution is 2.22. The van der Waals surface area contributed by atoms with Gasteiger partial charge in [0.05, 0.1) is 5.56 Å². The number of aliphatic hydroxyl groups is 2. The predicted molar refractivity (Wildman–Crippen MR) is 64.4 cm³/mol. The number of hydrogen-bond donors (Lipinski definition) is 2. The molecule has 2 N–H and O–H groups in total. The quantitative estimate of drug-likeness (QED) is 0.744. The Balaban J connectivity index is 1.90. The van der Waals surface area contributed by atoms with E-state index in [0.717, 1.165) is 0 Å². The highest BCUT2D eigenvalue weighted by atomic mass is 16.7. The monoisotopic (exact) mass is 268 g/mol. The standard InChI is InChI=1S/C13H16O6/c1-17-11-9(19-13(16)10(11)14)7-18-12(15)8-5-3-2-4-6-8/h2-6,9-11,13-14,16H,7H2,1H3/t9?,10-,11?,13?/m1/s1. The molecule has 1 aliphatic rings. The predicted octanol–water partition coefficient (Wildman–Crippen LogP) is -0.0635. The number of ether oxygens (including phenoxy) is 3. The Labute approximate surface area is 110 Å². The van der Waals surface area contributed by atoms with Crippen LogP contribution in [0.2, 0.25) is 0 Å². The van der Waals surface area contributed by atoms with Gasteiger partial charge in [-0.15, -0.1) is 0 Å². The summed E-state index contributed by atoms with van der Waals surface area (Å²) >= 11 is 0. The summed E-state index contributed by atoms with van der Waals surface area (Å²) in [5.74, 6) is -0.491. The zero-order valence-electron chi connectivity index (χ0n) is 10.4. The van der Waals surface area contributed by atoms with Gasteiger partial charge in [-0.25, -0.2) is 4.79 Å². The minimum Gasteiger partial charge on any atom is -0.459 e. The number of aliphatic hydroxyl groups excluding tert-OH is 2. The Bertz CT molecular complexity index is 420. The van der Waals surface area contributed by atoms with Gasteiger partial charge in [-0.3, -0.25) is 0 Å². The lowest BCUT2D eigenvalue weighted by molar-refractivity contribution is -0.133. The molecule has 0 spiro atoms. The van der Waals surface area contributed by atoms with E-state index in [1.165, 1.54) is 7.11 Å². The van der Waals surface area contributed by atoms with E-state index in [1.54, 1.807) is 30.3 Å². The minimum absolute atomic E-state index is 0.0969. The first-order valence-electron chi connectivity index (χ1n) is 5.90. The van der Waals surface area contributed by atoms with Crippen LogP contribution in [0.1, 0.15) is 10.4 Å². The first-order chi connectivity index (χ1) is 9.13. The summed E-state index contributed by atoms with van der Waals surface area (Å²) in [5, 5.41) is 18.9. The molecule has 104 valence electrons. The second-order valence-electron chi connectivity index (χ2n) is 4.22. The third-order valence-electron chi connectivity index (χ3n) is 2.97. The molecule has 1 aliphatic heterocycles. The zero-order chi connectivity index (χ0) is 13.8. The molecule has 4 atom stereocenters. The number of hydrogen-bond acceptors (Lipinski definition) is 6. The van der Waals surface area contributed by atoms with E-state index < -0.39 is 30.6 Å². The van der Waals surface area contributed by atoms with Crippen LogP contribution in [-0.4, -0.2) is 54.5 Å². The van der Waals surface area contributed by atoms with Crippen LogP contribution in [0.15, 0.2) is 30.3 Å². The summed E-state index contributed by atoms with van der Waals surface area (Å²) in [5.41, 5.74) is 0.426. The minimum atomic E-state index is -1.33. The van der Waals surface area contributed by atoms with Gasteiger partial charge in [-0.2, -0.15) is 0 Å². The Morgan fingerprint density at radius 3 is 2.63 bits per heavy atom. The Hall–Kier alpha value is -1.47. The first-order valence-corrected chi connectivity index (χ1v) is 5.90. The fourth-order valence-corrected chi connectivity index (χ4v) is 1.96. The van der Waals surface area contributed by atoms with Gasteiger partial charge in [0.1, 0.15) is 24.9 Å². The molecule has 6 nitrogen and oxygen atoms in total. The molecule has 0 aromatic heterocycles. The van der Waals surface area contributed by atoms with Gasteiger partial charge < -0.3 is 24.4 Å². The van der Waals surface area contributed by atoms with Crippen molar-refractivity contribution in [1.82, 2.24) is 0 Å². The van der Waals surface area contributed by atoms with Crippen molar-refractivity contribution in [2.75, 3.05) is 13.7 Å². The Morgan fingerprint density at radius 1 is 1.32 bits per heavy atom. The Morgan fingerprint density at radius 2 is 2.00 bits per heavy atom. The van der Waals surface area contributed by atoms with Gasteiger partial charge in [0, 0.05) is 7.11 Å². The third-order valence-corrected chi connectivity index (χ3v) is 2.97. The summed E-state index contributed by atoms with van der Waals surface area (Å²) in [4.78, 5) is 11.7. The lowest BCUT2D eigenvalue weighted by atomic mass is 10.1. The van der Waals surface area contributed by atoms with Crippen LogP contribution >= 0.6 is 0 Å². The SMILES string of the molecule is COC1C(COC(=O)c2ccccc2)OC(O)[C@@H]1O. The van der Waals surface area contributed by atoms with Crippen LogP contribution in [0.5, 0.6) is 0 Å². The van der Waals surface area contributed by atoms with E-state index in [4.69, 9.17) is 14.2 Å². The average molecular weight is 268 g/mol. The summed E-state index contributed by atoms with van der Waals surface area (Å²) in [6.07, 6.45) is -3.89. The number of benzene rings is 1. The molecule has 1 heterocycles. The lowest BCUT2D eigenvalue weighted by Crippen LogP contribution is -2.36. The van der Waals surface area contributed by atoms with Crippen molar-refractivity contribution in [1.29, 1.82) is 0 Å². The molecule has 0 bridgehead atoms. The van der Waals surface area contributed by atoms with Gasteiger partial charge in [-0.05, 0) is 12.1 Å². The van der Waals surface area contributed by atoms with Crippen LogP contribution < -0.4 is 0 Å². The van der Waals surface area contributed by atoms with Crippen molar-refractivity contribution in [3.63, 3.8) is 0 Å². The van der Waals surface area contributed by atoms with Crippen LogP contribution in [-0.2, 0) is 14.2 Å². The molecule has 1 fully saturated rings. The summed E-state index contributed by atoms with van der Waals surface area (Å²) in [6.45, 7) is -0.0969. The molecule has 1 aromatic rings. The molecule has 0 saturated carbocycles. The summed E-state index contributed by atoms with van der Waals surface area (Å²) in [6, 6.07) is 8.53.